The third-order valence-electron chi connectivity index (χ3n) is 3.15. The number of alkyl halides is 2. The molecule has 0 bridgehead atoms. The average Bonchev–Trinajstić information content (AvgIpc) is 2.38. The van der Waals surface area contributed by atoms with Gasteiger partial charge in [-0.1, -0.05) is 0 Å². The summed E-state index contributed by atoms with van der Waals surface area (Å²) in [6, 6.07) is 3.78. The quantitative estimate of drug-likeness (QED) is 0.841. The summed E-state index contributed by atoms with van der Waals surface area (Å²) in [4.78, 5) is 6.12. The second-order valence-corrected chi connectivity index (χ2v) is 5.21. The van der Waals surface area contributed by atoms with Gasteiger partial charge in [0.05, 0.1) is 5.56 Å². The van der Waals surface area contributed by atoms with E-state index in [1.807, 2.05) is 4.90 Å². The van der Waals surface area contributed by atoms with E-state index in [4.69, 9.17) is 5.26 Å². The van der Waals surface area contributed by atoms with E-state index in [2.05, 4.69) is 27.0 Å². The standard InChI is InChI=1S/C12H12BrF2N3/c13-10-5-9(6-16)12(17-7-10)18-3-1-8(2-4-18)11(14)15/h5,7-8,11H,1-4H2. The summed E-state index contributed by atoms with van der Waals surface area (Å²) >= 11 is 3.26. The number of aromatic nitrogens is 1. The van der Waals surface area contributed by atoms with Gasteiger partial charge in [-0.2, -0.15) is 5.26 Å². The molecular weight excluding hydrogens is 304 g/mol. The Labute approximate surface area is 113 Å². The summed E-state index contributed by atoms with van der Waals surface area (Å²) in [7, 11) is 0. The lowest BCUT2D eigenvalue weighted by Crippen LogP contribution is -2.36. The Morgan fingerprint density at radius 2 is 2.11 bits per heavy atom. The molecular formula is C12H12BrF2N3. The highest BCUT2D eigenvalue weighted by molar-refractivity contribution is 9.10. The third kappa shape index (κ3) is 2.78. The minimum absolute atomic E-state index is 0.445. The van der Waals surface area contributed by atoms with Gasteiger partial charge >= 0.3 is 0 Å². The number of hydrogen-bond donors (Lipinski definition) is 0. The molecule has 0 unspecified atom stereocenters. The normalized spacial score (nSPS) is 16.9. The minimum atomic E-state index is -2.25. The molecule has 1 aliphatic heterocycles. The Balaban J connectivity index is 2.13. The molecule has 0 N–H and O–H groups in total. The zero-order valence-electron chi connectivity index (χ0n) is 9.61. The molecule has 0 aromatic carbocycles. The summed E-state index contributed by atoms with van der Waals surface area (Å²) in [5.74, 6) is 0.0654. The van der Waals surface area contributed by atoms with Crippen molar-refractivity contribution in [2.24, 2.45) is 5.92 Å². The minimum Gasteiger partial charge on any atom is -0.355 e. The first-order valence-corrected chi connectivity index (χ1v) is 6.50. The first-order chi connectivity index (χ1) is 8.61. The number of anilines is 1. The number of hydrogen-bond acceptors (Lipinski definition) is 3. The van der Waals surface area contributed by atoms with Gasteiger partial charge in [0, 0.05) is 29.7 Å². The molecule has 6 heteroatoms. The molecule has 0 saturated carbocycles. The average molecular weight is 316 g/mol. The highest BCUT2D eigenvalue weighted by atomic mass is 79.9. The summed E-state index contributed by atoms with van der Waals surface area (Å²) in [6.07, 6.45) is 0.260. The maximum atomic E-state index is 12.6. The molecule has 1 aliphatic rings. The summed E-state index contributed by atoms with van der Waals surface area (Å²) in [5.41, 5.74) is 0.472. The van der Waals surface area contributed by atoms with Crippen LogP contribution >= 0.6 is 15.9 Å². The number of rotatable bonds is 2. The molecule has 2 rings (SSSR count). The molecule has 0 aliphatic carbocycles. The Morgan fingerprint density at radius 3 is 2.67 bits per heavy atom. The molecule has 0 atom stereocenters. The van der Waals surface area contributed by atoms with Crippen LogP contribution in [0.25, 0.3) is 0 Å². The van der Waals surface area contributed by atoms with Gasteiger partial charge < -0.3 is 4.90 Å². The van der Waals surface area contributed by atoms with E-state index in [0.717, 1.165) is 4.47 Å². The van der Waals surface area contributed by atoms with Crippen LogP contribution in [-0.2, 0) is 0 Å². The largest absolute Gasteiger partial charge is 0.355 e. The Bertz CT molecular complexity index is 465. The third-order valence-corrected chi connectivity index (χ3v) is 3.58. The fourth-order valence-corrected chi connectivity index (χ4v) is 2.46. The van der Waals surface area contributed by atoms with Gasteiger partial charge in [0.1, 0.15) is 11.9 Å². The Hall–Kier alpha value is -1.22. The van der Waals surface area contributed by atoms with Crippen LogP contribution < -0.4 is 4.90 Å². The van der Waals surface area contributed by atoms with Gasteiger partial charge in [-0.3, -0.25) is 0 Å². The zero-order chi connectivity index (χ0) is 13.1. The highest BCUT2D eigenvalue weighted by Crippen LogP contribution is 2.28. The van der Waals surface area contributed by atoms with Gasteiger partial charge in [-0.05, 0) is 34.8 Å². The number of halogens is 3. The topological polar surface area (TPSA) is 39.9 Å². The van der Waals surface area contributed by atoms with E-state index < -0.39 is 12.3 Å². The fourth-order valence-electron chi connectivity index (χ4n) is 2.13. The van der Waals surface area contributed by atoms with Crippen LogP contribution in [0.2, 0.25) is 0 Å². The number of piperidine rings is 1. The van der Waals surface area contributed by atoms with Crippen molar-refractivity contribution in [3.05, 3.63) is 22.3 Å². The van der Waals surface area contributed by atoms with Gasteiger partial charge in [0.25, 0.3) is 0 Å². The smallest absolute Gasteiger partial charge is 0.241 e. The molecule has 0 spiro atoms. The number of nitriles is 1. The molecule has 2 heterocycles. The second kappa shape index (κ2) is 5.61. The Kier molecular flexibility index (Phi) is 4.12. The lowest BCUT2D eigenvalue weighted by atomic mass is 9.97. The van der Waals surface area contributed by atoms with Crippen molar-refractivity contribution >= 4 is 21.7 Å². The lowest BCUT2D eigenvalue weighted by molar-refractivity contribution is 0.0635. The van der Waals surface area contributed by atoms with E-state index in [1.165, 1.54) is 0 Å². The second-order valence-electron chi connectivity index (χ2n) is 4.30. The molecule has 3 nitrogen and oxygen atoms in total. The SMILES string of the molecule is N#Cc1cc(Br)cnc1N1CCC(C(F)F)CC1. The first kappa shape index (κ1) is 13.2. The van der Waals surface area contributed by atoms with E-state index >= 15 is 0 Å². The van der Waals surface area contributed by atoms with Crippen LogP contribution in [0.15, 0.2) is 16.7 Å². The van der Waals surface area contributed by atoms with Crippen molar-refractivity contribution in [3.63, 3.8) is 0 Å². The molecule has 96 valence electrons. The molecule has 0 radical (unpaired) electrons. The number of pyridine rings is 1. The van der Waals surface area contributed by atoms with Crippen LogP contribution in [0.3, 0.4) is 0 Å². The van der Waals surface area contributed by atoms with Crippen molar-refractivity contribution in [1.29, 1.82) is 5.26 Å². The van der Waals surface area contributed by atoms with Crippen LogP contribution in [0.1, 0.15) is 18.4 Å². The predicted molar refractivity (Wildman–Crippen MR) is 67.6 cm³/mol. The fraction of sp³-hybridized carbons (Fsp3) is 0.500. The highest BCUT2D eigenvalue weighted by Gasteiger charge is 2.27. The summed E-state index contributed by atoms with van der Waals surface area (Å²) in [5, 5.41) is 9.06. The first-order valence-electron chi connectivity index (χ1n) is 5.70. The van der Waals surface area contributed by atoms with Crippen molar-refractivity contribution in [2.45, 2.75) is 19.3 Å². The van der Waals surface area contributed by atoms with Crippen molar-refractivity contribution in [3.8, 4) is 6.07 Å². The van der Waals surface area contributed by atoms with Crippen molar-refractivity contribution in [1.82, 2.24) is 4.98 Å². The van der Waals surface area contributed by atoms with Gasteiger partial charge in [-0.15, -0.1) is 0 Å². The van der Waals surface area contributed by atoms with Crippen molar-refractivity contribution in [2.75, 3.05) is 18.0 Å². The molecule has 1 aromatic heterocycles. The number of nitrogens with zero attached hydrogens (tertiary/aromatic N) is 3. The van der Waals surface area contributed by atoms with E-state index in [0.29, 0.717) is 37.3 Å². The van der Waals surface area contributed by atoms with Crippen LogP contribution in [0.5, 0.6) is 0 Å². The van der Waals surface area contributed by atoms with E-state index in [1.54, 1.807) is 12.3 Å². The summed E-state index contributed by atoms with van der Waals surface area (Å²) in [6.45, 7) is 1.05. The van der Waals surface area contributed by atoms with Gasteiger partial charge in [-0.25, -0.2) is 13.8 Å². The maximum absolute atomic E-state index is 12.6. The monoisotopic (exact) mass is 315 g/mol. The van der Waals surface area contributed by atoms with Crippen LogP contribution in [0.4, 0.5) is 14.6 Å². The van der Waals surface area contributed by atoms with Crippen LogP contribution in [0, 0.1) is 17.2 Å². The van der Waals surface area contributed by atoms with Gasteiger partial charge in [0.15, 0.2) is 0 Å². The molecule has 1 fully saturated rings. The van der Waals surface area contributed by atoms with Crippen molar-refractivity contribution < 1.29 is 8.78 Å². The molecule has 0 amide bonds. The molecule has 1 aromatic rings. The Morgan fingerprint density at radius 1 is 1.44 bits per heavy atom. The maximum Gasteiger partial charge on any atom is 0.241 e. The van der Waals surface area contributed by atoms with Gasteiger partial charge in [0.2, 0.25) is 6.43 Å². The van der Waals surface area contributed by atoms with E-state index in [9.17, 15) is 8.78 Å². The summed E-state index contributed by atoms with van der Waals surface area (Å²) < 4.78 is 25.9. The van der Waals surface area contributed by atoms with Crippen LogP contribution in [-0.4, -0.2) is 24.5 Å². The van der Waals surface area contributed by atoms with E-state index in [-0.39, 0.29) is 0 Å². The lowest BCUT2D eigenvalue weighted by Gasteiger charge is -2.32. The predicted octanol–water partition coefficient (Wildman–Crippen LogP) is 3.20. The molecule has 18 heavy (non-hydrogen) atoms. The molecule has 1 saturated heterocycles. The zero-order valence-corrected chi connectivity index (χ0v) is 11.2.